The van der Waals surface area contributed by atoms with Gasteiger partial charge in [-0.15, -0.1) is 0 Å². The van der Waals surface area contributed by atoms with Crippen molar-refractivity contribution < 1.29 is 14.1 Å². The van der Waals surface area contributed by atoms with E-state index in [1.54, 1.807) is 0 Å². The lowest BCUT2D eigenvalue weighted by Gasteiger charge is -2.35. The lowest BCUT2D eigenvalue weighted by molar-refractivity contribution is 0.496. The van der Waals surface area contributed by atoms with Crippen LogP contribution in [0.5, 0.6) is 0 Å². The van der Waals surface area contributed by atoms with Crippen LogP contribution in [0.2, 0.25) is 0 Å². The Balaban J connectivity index is 0.00000188. The van der Waals surface area contributed by atoms with Crippen molar-refractivity contribution >= 4 is 18.1 Å². The molecule has 0 aliphatic rings. The molecule has 0 saturated carbocycles. The van der Waals surface area contributed by atoms with Gasteiger partial charge in [-0.05, 0) is 150 Å². The summed E-state index contributed by atoms with van der Waals surface area (Å²) in [6, 6.07) is 43.8. The van der Waals surface area contributed by atoms with Crippen molar-refractivity contribution in [3.63, 3.8) is 0 Å². The SMILES string of the molecule is CC(C)(C)c1ccc(-c2cc(-c3ccccc3)c(-c3ccc(C(C)(C)C)cc3C(C)(C)C)c(-c3ccc(C(C)(C)C)cc3C(C)(C)C)c2-c2ccc(C(C)(C)C)cc2C(C)(C)C)c(C(C)(C)C)c1.OPOPO. The van der Waals surface area contributed by atoms with E-state index < -0.39 is 18.1 Å². The zero-order valence-electron chi connectivity index (χ0n) is 49.7. The molecule has 5 heteroatoms. The van der Waals surface area contributed by atoms with Gasteiger partial charge in [-0.1, -0.05) is 269 Å². The Morgan fingerprint density at radius 3 is 0.822 bits per heavy atom. The van der Waals surface area contributed by atoms with E-state index in [0.29, 0.717) is 0 Å². The van der Waals surface area contributed by atoms with Gasteiger partial charge in [-0.2, -0.15) is 0 Å². The van der Waals surface area contributed by atoms with E-state index in [2.05, 4.69) is 280 Å². The molecule has 0 aliphatic heterocycles. The van der Waals surface area contributed by atoms with Gasteiger partial charge < -0.3 is 9.79 Å². The molecule has 6 aromatic rings. The minimum atomic E-state index is -0.580. The molecule has 6 aromatic carbocycles. The molecule has 0 spiro atoms. The van der Waals surface area contributed by atoms with Crippen molar-refractivity contribution in [2.24, 2.45) is 0 Å². The van der Waals surface area contributed by atoms with Crippen LogP contribution in [0.1, 0.15) is 211 Å². The molecule has 0 amide bonds. The molecule has 0 saturated heterocycles. The summed E-state index contributed by atoms with van der Waals surface area (Å²) in [5.41, 5.74) is 23.1. The third-order valence-corrected chi connectivity index (χ3v) is 15.1. The van der Waals surface area contributed by atoms with Gasteiger partial charge >= 0.3 is 0 Å². The summed E-state index contributed by atoms with van der Waals surface area (Å²) in [5, 5.41) is 0. The molecule has 0 aromatic heterocycles. The number of rotatable bonds is 7. The Bertz CT molecular complexity index is 2880. The molecule has 73 heavy (non-hydrogen) atoms. The highest BCUT2D eigenvalue weighted by atomic mass is 31.2. The first-order chi connectivity index (χ1) is 33.2. The van der Waals surface area contributed by atoms with Crippen LogP contribution in [0.25, 0.3) is 55.6 Å². The Kier molecular flexibility index (Phi) is 17.7. The smallest absolute Gasteiger partial charge is 0.158 e. The molecule has 0 bridgehead atoms. The van der Waals surface area contributed by atoms with Crippen molar-refractivity contribution in [2.75, 3.05) is 0 Å². The van der Waals surface area contributed by atoms with Crippen LogP contribution < -0.4 is 0 Å². The topological polar surface area (TPSA) is 49.7 Å². The summed E-state index contributed by atoms with van der Waals surface area (Å²) in [4.78, 5) is 15.4. The normalized spacial score (nSPS) is 13.6. The zero-order chi connectivity index (χ0) is 55.2. The second-order valence-corrected chi connectivity index (χ2v) is 30.0. The molecule has 0 aliphatic carbocycles. The van der Waals surface area contributed by atoms with Crippen LogP contribution in [0.3, 0.4) is 0 Å². The predicted molar refractivity (Wildman–Crippen MR) is 325 cm³/mol. The molecule has 0 fully saturated rings. The lowest BCUT2D eigenvalue weighted by atomic mass is 9.68. The Morgan fingerprint density at radius 2 is 0.548 bits per heavy atom. The average Bonchev–Trinajstić information content (AvgIpc) is 3.26. The lowest BCUT2D eigenvalue weighted by Crippen LogP contribution is -2.20. The molecule has 2 atom stereocenters. The first-order valence-electron chi connectivity index (χ1n) is 26.5. The highest BCUT2D eigenvalue weighted by molar-refractivity contribution is 7.39. The molecule has 2 unspecified atom stereocenters. The summed E-state index contributed by atoms with van der Waals surface area (Å²) < 4.78 is 4.00. The van der Waals surface area contributed by atoms with E-state index in [1.807, 2.05) is 0 Å². The average molecular weight is 1020 g/mol. The second-order valence-electron chi connectivity index (χ2n) is 28.8. The highest BCUT2D eigenvalue weighted by Crippen LogP contribution is 2.56. The first kappa shape index (κ1) is 59.9. The Labute approximate surface area is 448 Å². The fourth-order valence-corrected chi connectivity index (χ4v) is 10.2. The second kappa shape index (κ2) is 21.6. The van der Waals surface area contributed by atoms with Gasteiger partial charge in [-0.3, -0.25) is 4.31 Å². The molecular weight excluding hydrogens is 927 g/mol. The van der Waals surface area contributed by atoms with E-state index >= 15 is 0 Å². The molecule has 0 radical (unpaired) electrons. The maximum Gasteiger partial charge on any atom is 0.158 e. The minimum Gasteiger partial charge on any atom is -0.352 e. The highest BCUT2D eigenvalue weighted by Gasteiger charge is 2.35. The van der Waals surface area contributed by atoms with E-state index in [-0.39, 0.29) is 43.3 Å². The fourth-order valence-electron chi connectivity index (χ4n) is 10.0. The van der Waals surface area contributed by atoms with Crippen molar-refractivity contribution in [2.45, 2.75) is 209 Å². The van der Waals surface area contributed by atoms with E-state index in [9.17, 15) is 0 Å². The summed E-state index contributed by atoms with van der Waals surface area (Å²) in [6.07, 6.45) is 0. The number of benzene rings is 6. The van der Waals surface area contributed by atoms with Crippen LogP contribution in [0.15, 0.2) is 109 Å². The summed E-state index contributed by atoms with van der Waals surface area (Å²) >= 11 is 0. The van der Waals surface area contributed by atoms with Crippen molar-refractivity contribution in [3.8, 4) is 55.6 Å². The van der Waals surface area contributed by atoms with Crippen LogP contribution in [0, 0.1) is 0 Å². The number of hydrogen-bond acceptors (Lipinski definition) is 3. The molecule has 0 heterocycles. The van der Waals surface area contributed by atoms with Gasteiger partial charge in [0.05, 0.1) is 0 Å². The maximum absolute atomic E-state index is 7.72. The summed E-state index contributed by atoms with van der Waals surface area (Å²) in [5.74, 6) is 0. The van der Waals surface area contributed by atoms with E-state index in [1.165, 1.54) is 100 Å². The third-order valence-electron chi connectivity index (χ3n) is 14.4. The van der Waals surface area contributed by atoms with Crippen LogP contribution >= 0.6 is 18.1 Å². The summed E-state index contributed by atoms with van der Waals surface area (Å²) in [7, 11) is -1.16. The van der Waals surface area contributed by atoms with Gasteiger partial charge in [0.2, 0.25) is 0 Å². The largest absolute Gasteiger partial charge is 0.352 e. The first-order valence-corrected chi connectivity index (χ1v) is 28.3. The monoisotopic (exact) mass is 1020 g/mol. The maximum atomic E-state index is 7.72. The van der Waals surface area contributed by atoms with Gasteiger partial charge in [0.15, 0.2) is 18.1 Å². The standard InChI is InChI=1S/C68H90.H4O3P2/c1-61(2,3)44-30-34-48(54(38-44)65(13,14)15)53-42-52(43-28-26-25-27-29-43)58(49-35-31-45(62(4,5)6)39-55(49)66(16,17)18)60(51-37-33-47(64(10,11)12)41-57(51)68(22,23)24)59(53)50-36-32-46(63(7,8)9)40-56(50)67(19,20)21;1-4-3-5-2/h25-42H,1-24H3;1-2,4-5H. The third kappa shape index (κ3) is 13.9. The summed E-state index contributed by atoms with van der Waals surface area (Å²) in [6.45, 7) is 57.1. The van der Waals surface area contributed by atoms with E-state index in [0.717, 1.165) is 0 Å². The van der Waals surface area contributed by atoms with Crippen LogP contribution in [-0.2, 0) is 47.6 Å². The van der Waals surface area contributed by atoms with Gasteiger partial charge in [-0.25, -0.2) is 0 Å². The molecular formula is C68H94O3P2. The fraction of sp³-hybridized carbons (Fsp3) is 0.471. The predicted octanol–water partition coefficient (Wildman–Crippen LogP) is 20.4. The quantitative estimate of drug-likeness (QED) is 0.157. The Hall–Kier alpha value is -3.94. The van der Waals surface area contributed by atoms with E-state index in [4.69, 9.17) is 9.79 Å². The number of hydrogen-bond donors (Lipinski definition) is 2. The van der Waals surface area contributed by atoms with Crippen LogP contribution in [0.4, 0.5) is 0 Å². The van der Waals surface area contributed by atoms with Gasteiger partial charge in [0, 0.05) is 0 Å². The van der Waals surface area contributed by atoms with Gasteiger partial charge in [0.1, 0.15) is 0 Å². The molecule has 3 nitrogen and oxygen atoms in total. The molecule has 6 rings (SSSR count). The zero-order valence-corrected chi connectivity index (χ0v) is 51.7. The van der Waals surface area contributed by atoms with Crippen molar-refractivity contribution in [1.82, 2.24) is 0 Å². The van der Waals surface area contributed by atoms with Crippen LogP contribution in [-0.4, -0.2) is 9.79 Å². The molecule has 394 valence electrons. The Morgan fingerprint density at radius 1 is 0.274 bits per heavy atom. The van der Waals surface area contributed by atoms with Crippen molar-refractivity contribution in [1.29, 1.82) is 0 Å². The minimum absolute atomic E-state index is 0.00719. The van der Waals surface area contributed by atoms with Gasteiger partial charge in [0.25, 0.3) is 0 Å². The van der Waals surface area contributed by atoms with Crippen molar-refractivity contribution in [3.05, 3.63) is 154 Å². The molecule has 2 N–H and O–H groups in total.